The first-order chi connectivity index (χ1) is 18.6. The minimum Gasteiger partial charge on any atom is -0.495 e. The molecule has 3 aromatic rings. The van der Waals surface area contributed by atoms with Crippen molar-refractivity contribution >= 4 is 46.3 Å². The fourth-order valence-electron chi connectivity index (χ4n) is 4.19. The van der Waals surface area contributed by atoms with Crippen molar-refractivity contribution in [2.24, 2.45) is 0 Å². The number of hydrogen-bond donors (Lipinski definition) is 1. The van der Waals surface area contributed by atoms with Crippen LogP contribution in [0.4, 0.5) is 16.2 Å². The van der Waals surface area contributed by atoms with Crippen molar-refractivity contribution in [1.29, 1.82) is 0 Å². The summed E-state index contributed by atoms with van der Waals surface area (Å²) in [6.07, 6.45) is 1.58. The molecule has 0 aliphatic carbocycles. The van der Waals surface area contributed by atoms with E-state index in [1.165, 1.54) is 25.3 Å². The number of benzene rings is 2. The molecular weight excluding hydrogens is 524 g/mol. The van der Waals surface area contributed by atoms with E-state index in [1.807, 2.05) is 13.8 Å². The van der Waals surface area contributed by atoms with Gasteiger partial charge in [-0.15, -0.1) is 0 Å². The molecule has 0 atom stereocenters. The molecule has 1 N–H and O–H groups in total. The number of aryl methyl sites for hydroxylation is 1. The third-order valence-corrected chi connectivity index (χ3v) is 6.90. The van der Waals surface area contributed by atoms with Gasteiger partial charge in [-0.3, -0.25) is 29.4 Å². The second-order valence-corrected chi connectivity index (χ2v) is 9.54. The first kappa shape index (κ1) is 27.5. The van der Waals surface area contributed by atoms with Crippen LogP contribution in [0.1, 0.15) is 23.9 Å². The lowest BCUT2D eigenvalue weighted by Gasteiger charge is -2.14. The van der Waals surface area contributed by atoms with Crippen molar-refractivity contribution in [2.45, 2.75) is 20.8 Å². The van der Waals surface area contributed by atoms with Crippen LogP contribution in [0, 0.1) is 24.0 Å². The highest BCUT2D eigenvalue weighted by Crippen LogP contribution is 2.35. The Morgan fingerprint density at radius 2 is 1.85 bits per heavy atom. The zero-order valence-corrected chi connectivity index (χ0v) is 22.5. The Hall–Kier alpha value is -4.58. The Labute approximate surface area is 228 Å². The van der Waals surface area contributed by atoms with Crippen LogP contribution < -0.4 is 14.8 Å². The first-order valence-corrected chi connectivity index (χ1v) is 12.7. The molecule has 0 saturated carbocycles. The van der Waals surface area contributed by atoms with Crippen LogP contribution in [-0.4, -0.2) is 51.7 Å². The van der Waals surface area contributed by atoms with Gasteiger partial charge in [0.05, 0.1) is 29.2 Å². The molecule has 0 spiro atoms. The summed E-state index contributed by atoms with van der Waals surface area (Å²) in [6.45, 7) is 5.57. The maximum atomic E-state index is 13.0. The largest absolute Gasteiger partial charge is 0.495 e. The number of amides is 3. The van der Waals surface area contributed by atoms with Crippen molar-refractivity contribution in [1.82, 2.24) is 9.47 Å². The molecule has 0 radical (unpaired) electrons. The summed E-state index contributed by atoms with van der Waals surface area (Å²) in [5.41, 5.74) is 2.96. The van der Waals surface area contributed by atoms with Gasteiger partial charge in [-0.2, -0.15) is 0 Å². The number of nitrogens with zero attached hydrogens (tertiary/aromatic N) is 3. The lowest BCUT2D eigenvalue weighted by atomic mass is 10.2. The highest BCUT2D eigenvalue weighted by Gasteiger charge is 2.36. The minimum atomic E-state index is -0.579. The van der Waals surface area contributed by atoms with Crippen molar-refractivity contribution in [2.75, 3.05) is 25.6 Å². The zero-order chi connectivity index (χ0) is 28.3. The molecule has 202 valence electrons. The Bertz CT molecular complexity index is 1490. The Morgan fingerprint density at radius 1 is 1.13 bits per heavy atom. The number of rotatable bonds is 9. The summed E-state index contributed by atoms with van der Waals surface area (Å²) in [5.74, 6) is 0.00548. The average molecular weight is 551 g/mol. The summed E-state index contributed by atoms with van der Waals surface area (Å²) in [5, 5.41) is 13.5. The number of nitro benzene ring substituents is 1. The molecule has 4 rings (SSSR count). The highest BCUT2D eigenvalue weighted by atomic mass is 32.2. The predicted octanol–water partition coefficient (Wildman–Crippen LogP) is 5.08. The number of aromatic nitrogens is 1. The summed E-state index contributed by atoms with van der Waals surface area (Å²) in [6, 6.07) is 12.9. The topological polar surface area (TPSA) is 133 Å². The van der Waals surface area contributed by atoms with Gasteiger partial charge in [-0.05, 0) is 80.6 Å². The van der Waals surface area contributed by atoms with Crippen LogP contribution in [0.25, 0.3) is 11.8 Å². The molecular formula is C27H26N4O7S. The molecule has 0 unspecified atom stereocenters. The maximum Gasteiger partial charge on any atom is 0.294 e. The van der Waals surface area contributed by atoms with E-state index in [4.69, 9.17) is 9.47 Å². The summed E-state index contributed by atoms with van der Waals surface area (Å²) in [7, 11) is 1.47. The molecule has 3 amide bonds. The SMILES string of the molecule is CCOc1ccc(NC(=O)CN2C(=O)S/C(=C/c3cc(C)n(-c4cc([N+](=O)[O-])ccc4OC)c3C)C2=O)cc1. The quantitative estimate of drug-likeness (QED) is 0.221. The van der Waals surface area contributed by atoms with Gasteiger partial charge < -0.3 is 19.4 Å². The molecule has 0 bridgehead atoms. The zero-order valence-electron chi connectivity index (χ0n) is 21.7. The molecule has 12 heteroatoms. The van der Waals surface area contributed by atoms with E-state index < -0.39 is 28.5 Å². The third-order valence-electron chi connectivity index (χ3n) is 6.00. The van der Waals surface area contributed by atoms with Crippen LogP contribution in [0.3, 0.4) is 0 Å². The van der Waals surface area contributed by atoms with Gasteiger partial charge in [-0.1, -0.05) is 0 Å². The van der Waals surface area contributed by atoms with Gasteiger partial charge in [0.2, 0.25) is 5.91 Å². The molecule has 11 nitrogen and oxygen atoms in total. The van der Waals surface area contributed by atoms with Gasteiger partial charge in [0.25, 0.3) is 16.8 Å². The number of non-ortho nitro benzene ring substituents is 1. The maximum absolute atomic E-state index is 13.0. The van der Waals surface area contributed by atoms with Crippen molar-refractivity contribution < 1.29 is 28.8 Å². The van der Waals surface area contributed by atoms with Crippen LogP contribution in [0.5, 0.6) is 11.5 Å². The standard InChI is InChI=1S/C27H26N4O7S/c1-5-38-21-9-6-19(7-10-21)28-25(32)15-29-26(33)24(39-27(29)34)13-18-12-16(2)30(17(18)3)22-14-20(31(35)36)8-11-23(22)37-4/h6-14H,5,15H2,1-4H3,(H,28,32)/b24-13+. The minimum absolute atomic E-state index is 0.0931. The van der Waals surface area contributed by atoms with Gasteiger partial charge in [-0.25, -0.2) is 0 Å². The monoisotopic (exact) mass is 550 g/mol. The van der Waals surface area contributed by atoms with E-state index in [0.29, 0.717) is 40.7 Å². The van der Waals surface area contributed by atoms with Crippen molar-refractivity contribution in [3.8, 4) is 17.2 Å². The number of nitro groups is 1. The number of thioether (sulfide) groups is 1. The molecule has 2 heterocycles. The fourth-order valence-corrected chi connectivity index (χ4v) is 5.02. The van der Waals surface area contributed by atoms with Gasteiger partial charge in [0.15, 0.2) is 0 Å². The molecule has 2 aromatic carbocycles. The number of imide groups is 1. The predicted molar refractivity (Wildman–Crippen MR) is 147 cm³/mol. The lowest BCUT2D eigenvalue weighted by molar-refractivity contribution is -0.384. The second kappa shape index (κ2) is 11.4. The molecule has 39 heavy (non-hydrogen) atoms. The number of ether oxygens (including phenoxy) is 2. The number of carbonyl (C=O) groups is 3. The first-order valence-electron chi connectivity index (χ1n) is 11.9. The molecule has 1 aliphatic heterocycles. The van der Waals surface area contributed by atoms with Gasteiger partial charge >= 0.3 is 0 Å². The van der Waals surface area contributed by atoms with E-state index in [2.05, 4.69) is 5.32 Å². The second-order valence-electron chi connectivity index (χ2n) is 8.55. The molecule has 1 aliphatic rings. The van der Waals surface area contributed by atoms with E-state index in [-0.39, 0.29) is 10.6 Å². The summed E-state index contributed by atoms with van der Waals surface area (Å²) in [4.78, 5) is 50.1. The molecule has 1 aromatic heterocycles. The van der Waals surface area contributed by atoms with E-state index >= 15 is 0 Å². The smallest absolute Gasteiger partial charge is 0.294 e. The number of methoxy groups -OCH3 is 1. The molecule has 1 fully saturated rings. The van der Waals surface area contributed by atoms with Gasteiger partial charge in [0, 0.05) is 29.2 Å². The Balaban J connectivity index is 1.54. The van der Waals surface area contributed by atoms with Crippen LogP contribution >= 0.6 is 11.8 Å². The average Bonchev–Trinajstić information content (AvgIpc) is 3.33. The third kappa shape index (κ3) is 5.80. The number of anilines is 1. The number of hydrogen-bond acceptors (Lipinski definition) is 8. The van der Waals surface area contributed by atoms with Gasteiger partial charge in [0.1, 0.15) is 18.0 Å². The highest BCUT2D eigenvalue weighted by molar-refractivity contribution is 8.18. The van der Waals surface area contributed by atoms with Crippen LogP contribution in [0.2, 0.25) is 0 Å². The van der Waals surface area contributed by atoms with Crippen molar-refractivity contribution in [3.05, 3.63) is 80.5 Å². The summed E-state index contributed by atoms with van der Waals surface area (Å²) >= 11 is 0.745. The number of carbonyl (C=O) groups excluding carboxylic acids is 3. The van der Waals surface area contributed by atoms with E-state index in [1.54, 1.807) is 47.9 Å². The van der Waals surface area contributed by atoms with Crippen LogP contribution in [-0.2, 0) is 9.59 Å². The van der Waals surface area contributed by atoms with Crippen molar-refractivity contribution in [3.63, 3.8) is 0 Å². The fraction of sp³-hybridized carbons (Fsp3) is 0.222. The Morgan fingerprint density at radius 3 is 2.49 bits per heavy atom. The Kier molecular flexibility index (Phi) is 8.05. The van der Waals surface area contributed by atoms with Crippen LogP contribution in [0.15, 0.2) is 53.4 Å². The normalized spacial score (nSPS) is 14.2. The lowest BCUT2D eigenvalue weighted by Crippen LogP contribution is -2.36. The molecule has 1 saturated heterocycles. The van der Waals surface area contributed by atoms with E-state index in [9.17, 15) is 24.5 Å². The number of nitrogens with one attached hydrogen (secondary N) is 1. The summed E-state index contributed by atoms with van der Waals surface area (Å²) < 4.78 is 12.6. The van der Waals surface area contributed by atoms with E-state index in [0.717, 1.165) is 22.4 Å².